The second-order valence-corrected chi connectivity index (χ2v) is 50.4. The molecule has 13 aromatic rings. The topological polar surface area (TPSA) is 452 Å². The molecule has 0 spiro atoms. The van der Waals surface area contributed by atoms with E-state index in [2.05, 4.69) is 270 Å². The summed E-state index contributed by atoms with van der Waals surface area (Å²) in [6, 6.07) is 80.1. The molecule has 8 N–H and O–H groups in total. The molecule has 137 heavy (non-hydrogen) atoms. The van der Waals surface area contributed by atoms with E-state index in [1.54, 1.807) is 29.2 Å². The normalized spacial score (nSPS) is 12.4. The summed E-state index contributed by atoms with van der Waals surface area (Å²) in [5, 5.41) is 13.9. The molecule has 0 unspecified atom stereocenters. The lowest BCUT2D eigenvalue weighted by atomic mass is 9.85. The average Bonchev–Trinajstić information content (AvgIpc) is 0.767. The van der Waals surface area contributed by atoms with Crippen LogP contribution in [-0.4, -0.2) is 105 Å². The van der Waals surface area contributed by atoms with Gasteiger partial charge in [0.15, 0.2) is 13.8 Å². The molecule has 726 valence electrons. The molecule has 0 bridgehead atoms. The Bertz CT molecular complexity index is 6470. The minimum absolute atomic E-state index is 0.0132. The molecule has 0 radical (unpaired) electrons. The van der Waals surface area contributed by atoms with Crippen molar-refractivity contribution < 1.29 is 28.5 Å². The van der Waals surface area contributed by atoms with Crippen molar-refractivity contribution in [2.75, 3.05) is 7.11 Å². The summed E-state index contributed by atoms with van der Waals surface area (Å²) in [7, 11) is 2.76. The number of hydrazine groups is 1. The number of nitrogens with zero attached hydrogens (tertiary/aromatic N) is 10. The highest BCUT2D eigenvalue weighted by molar-refractivity contribution is 9.94. The summed E-state index contributed by atoms with van der Waals surface area (Å²) >= 11 is 34.4. The highest BCUT2D eigenvalue weighted by Crippen LogP contribution is 2.68. The van der Waals surface area contributed by atoms with Crippen LogP contribution in [0, 0.1) is 5.92 Å². The first-order valence-corrected chi connectivity index (χ1v) is 56.5. The first-order valence-electron chi connectivity index (χ1n) is 40.7. The Balaban J connectivity index is 0.000000396. The molecule has 32 nitrogen and oxygen atoms in total. The molecule has 1 amide bonds. The number of aryl methyl sites for hydroxylation is 1. The van der Waals surface area contributed by atoms with E-state index in [0.717, 1.165) is 69.1 Å². The number of nitrogens with two attached hydrogens (primary N) is 1. The third-order valence-corrected chi connectivity index (χ3v) is 21.0. The number of esters is 1. The number of amides is 1. The van der Waals surface area contributed by atoms with Crippen molar-refractivity contribution in [2.45, 2.75) is 105 Å². The second-order valence-electron chi connectivity index (χ2n) is 27.8. The molecule has 5 aromatic heterocycles. The van der Waals surface area contributed by atoms with Crippen LogP contribution in [0.25, 0.3) is 0 Å². The van der Waals surface area contributed by atoms with Gasteiger partial charge in [0.25, 0.3) is 36.6 Å². The minimum Gasteiger partial charge on any atom is -0.469 e. The van der Waals surface area contributed by atoms with Crippen LogP contribution in [0.1, 0.15) is 123 Å². The number of ether oxygens (including phenoxy) is 1. The molecule has 0 aliphatic carbocycles. The van der Waals surface area contributed by atoms with Crippen LogP contribution in [0.2, 0.25) is 0 Å². The molecule has 8 aromatic carbocycles. The van der Waals surface area contributed by atoms with Gasteiger partial charge >= 0.3 is 34.2 Å². The summed E-state index contributed by atoms with van der Waals surface area (Å²) in [6.07, 6.45) is 15.9. The smallest absolute Gasteiger partial charge is 0.347 e. The van der Waals surface area contributed by atoms with Crippen molar-refractivity contribution in [3.05, 3.63) is 447 Å². The lowest BCUT2D eigenvalue weighted by Gasteiger charge is -2.43. The molecule has 6 heterocycles. The van der Waals surface area contributed by atoms with E-state index < -0.39 is 59.3 Å². The van der Waals surface area contributed by atoms with Gasteiger partial charge in [-0.3, -0.25) is 83.3 Å². The number of halogens is 11. The standard InChI is InChI=1S/C21H22BrNO.C15H15N.C11H10BrN3O2.C11H9BrN2O.C11H10N2O2.C7H10N2.C6H8BrClO.C5H8O3.C3H2BrN3O2.C3H3N3O2.Br3OP.Br2/c1-3-16-14-19(22)21(24)23(15(2)17-10-6-4-7-11-17)20(16)18-12-8-5-9-13-18;1-13(15-10-6-3-7-11-15)16-12-14-8-4-2-5-9-14;1-14-11(17)15(10(16)9(12)13-14)7-8-5-3-2-4-6-8;12-10-11(15)14(7-6-13-10)8-9-4-2-1-3-5-9;14-10-11(15)13(7-6-12-10)8-9-4-2-1-3-5-9;8-9-6-7-4-2-1-3-5-7;1-2-3-4-5(7)6(8)9;1-4(6)3-5(7)8-2;4-1-2(8)5-3(9)7-6-1;7-2-1-4-6-3(8)5-2;1-5(2,3)4;1-2/h4-16,20H,3H2,1-2H3;2-13H,1H3;2-6H,7H2,1H3;1-7H,8H2;1-7H,8H2,(H,12,14);1-5,9H,6,8H2;4H,2-3H2,1H3;3H2,1-2H3;(H2,5,7,8,9);1H,(H2,5,6,7,8);;/b;;;;;;5-4-;;;;;/t15-,16-,20-;13-;;;;;;;;;;/m00........../s1. The zero-order chi connectivity index (χ0) is 102. The number of rotatable bonds is 20. The molecular weight excluding hydrogens is 2460 g/mol. The van der Waals surface area contributed by atoms with Gasteiger partial charge in [-0.2, -0.15) is 15.3 Å². The molecule has 1 aliphatic rings. The van der Waals surface area contributed by atoms with Gasteiger partial charge in [0.1, 0.15) is 18.4 Å². The number of ketones is 1. The molecule has 14 rings (SSSR count). The van der Waals surface area contributed by atoms with Crippen molar-refractivity contribution in [1.82, 2.24) is 74.1 Å². The summed E-state index contributed by atoms with van der Waals surface area (Å²) < 4.78 is 18.9. The minimum atomic E-state index is -2.20. The lowest BCUT2D eigenvalue weighted by Crippen LogP contribution is -2.43. The first-order chi connectivity index (χ1) is 65.4. The van der Waals surface area contributed by atoms with E-state index >= 15 is 0 Å². The third kappa shape index (κ3) is 49.8. The number of carbonyl (C=O) groups is 4. The van der Waals surface area contributed by atoms with Crippen molar-refractivity contribution in [3.8, 4) is 0 Å². The van der Waals surface area contributed by atoms with E-state index in [1.165, 1.54) is 48.5 Å². The summed E-state index contributed by atoms with van der Waals surface area (Å²) in [5.41, 5.74) is 7.22. The number of hydrogen-bond acceptors (Lipinski definition) is 22. The molecule has 0 fully saturated rings. The van der Waals surface area contributed by atoms with Crippen LogP contribution < -0.4 is 61.7 Å². The van der Waals surface area contributed by atoms with Gasteiger partial charge in [0.05, 0.1) is 53.8 Å². The number of Topliss-reactive ketones (excluding diaryl/α,β-unsaturated/α-hetero) is 1. The van der Waals surface area contributed by atoms with Crippen molar-refractivity contribution >= 4 is 198 Å². The van der Waals surface area contributed by atoms with E-state index in [-0.39, 0.29) is 57.5 Å². The number of H-pyrrole nitrogens is 5. The van der Waals surface area contributed by atoms with Gasteiger partial charge in [0.2, 0.25) is 0 Å². The Kier molecular flexibility index (Phi) is 60.7. The lowest BCUT2D eigenvalue weighted by molar-refractivity contribution is -0.143. The van der Waals surface area contributed by atoms with Crippen LogP contribution >= 0.6 is 169 Å². The van der Waals surface area contributed by atoms with Crippen LogP contribution in [0.15, 0.2) is 357 Å². The second kappa shape index (κ2) is 68.8. The molecule has 4 atom stereocenters. The number of aromatic nitrogens is 13. The van der Waals surface area contributed by atoms with Crippen molar-refractivity contribution in [2.24, 2.45) is 23.8 Å². The Hall–Kier alpha value is -10.2. The number of aliphatic imine (C=N–C) groups is 1. The van der Waals surface area contributed by atoms with Gasteiger partial charge in [-0.05, 0) is 169 Å². The zero-order valence-corrected chi connectivity index (χ0v) is 92.0. The van der Waals surface area contributed by atoms with E-state index in [0.29, 0.717) is 32.6 Å². The van der Waals surface area contributed by atoms with Gasteiger partial charge in [-0.25, -0.2) is 34.2 Å². The van der Waals surface area contributed by atoms with Gasteiger partial charge < -0.3 is 23.8 Å². The average molecular weight is 2560 g/mol. The quantitative estimate of drug-likeness (QED) is 0.00429. The number of methoxy groups -OCH3 is 1. The number of nitrogens with one attached hydrogen (secondary N) is 6. The number of allylic oxidation sites excluding steroid dienone is 2. The fourth-order valence-electron chi connectivity index (χ4n) is 11.3. The number of benzene rings is 8. The van der Waals surface area contributed by atoms with Gasteiger partial charge in [-0.1, -0.05) is 275 Å². The van der Waals surface area contributed by atoms with Crippen LogP contribution in [0.4, 0.5) is 0 Å². The highest BCUT2D eigenvalue weighted by atomic mass is 80.9. The Morgan fingerprint density at radius 1 is 0.606 bits per heavy atom. The van der Waals surface area contributed by atoms with Gasteiger partial charge in [-0.15, -0.1) is 0 Å². The van der Waals surface area contributed by atoms with E-state index in [1.807, 2.05) is 232 Å². The van der Waals surface area contributed by atoms with Crippen molar-refractivity contribution in [3.63, 3.8) is 0 Å². The molecule has 44 heteroatoms. The summed E-state index contributed by atoms with van der Waals surface area (Å²) in [4.78, 5) is 159. The number of hydrogen-bond donors (Lipinski definition) is 7. The molecule has 0 saturated heterocycles. The number of unbranched alkanes of at least 4 members (excludes halogenated alkanes) is 1. The monoisotopic (exact) mass is 2550 g/mol. The highest BCUT2D eigenvalue weighted by Gasteiger charge is 2.39. The SMILES string of the molecule is BrBr.CCC/C=C(\Br)C(=O)Cl.CC[C@H]1C=C(Br)C(=O)N([C@@H](C)c2ccccc2)[C@@H]1c1ccccc1.COC(=O)CC(C)=O.C[C@H](N=Cc1ccccc1)c1ccccc1.Cn1nc(Br)c(=O)n(Cc2ccccc2)c1=O.NNCc1ccccc1.O=P(Br)(Br)Br.O=c1[nH]ccn(Cc2ccccc2)c1=O.O=c1[nH]nc(Br)c(=O)[nH]1.O=c1c(Br)nccn1Cc1ccccc1.O=c1cn[nH]c(=O)[nH]1. The molecule has 1 aliphatic heterocycles. The number of aromatic amines is 5. The largest absolute Gasteiger partial charge is 0.469 e. The fourth-order valence-corrected chi connectivity index (χ4v) is 13.1. The Morgan fingerprint density at radius 3 is 1.51 bits per heavy atom. The maximum atomic E-state index is 13.0. The van der Waals surface area contributed by atoms with Crippen LogP contribution in [-0.2, 0) is 61.7 Å². The Labute approximate surface area is 874 Å². The van der Waals surface area contributed by atoms with Gasteiger partial charge in [0, 0.05) is 125 Å². The summed E-state index contributed by atoms with van der Waals surface area (Å²) in [5.74, 6) is 4.82. The van der Waals surface area contributed by atoms with Crippen LogP contribution in [0.3, 0.4) is 0 Å². The predicted octanol–water partition coefficient (Wildman–Crippen LogP) is 19.2. The predicted molar refractivity (Wildman–Crippen MR) is 575 cm³/mol. The first kappa shape index (κ1) is 121. The maximum absolute atomic E-state index is 13.0. The van der Waals surface area contributed by atoms with E-state index in [4.69, 9.17) is 17.4 Å². The van der Waals surface area contributed by atoms with Crippen molar-refractivity contribution in [1.29, 1.82) is 0 Å². The number of carbonyl (C=O) groups excluding carboxylic acids is 4. The zero-order valence-electron chi connectivity index (χ0n) is 74.5. The molecule has 0 saturated carbocycles. The maximum Gasteiger partial charge on any atom is 0.347 e. The summed E-state index contributed by atoms with van der Waals surface area (Å²) in [6.45, 7) is 11.7. The van der Waals surface area contributed by atoms with Crippen LogP contribution in [0.5, 0.6) is 0 Å². The Morgan fingerprint density at radius 2 is 1.07 bits per heavy atom. The third-order valence-electron chi connectivity index (χ3n) is 17.7. The fraction of sp³-hybridized carbons (Fsp3) is 0.204. The molecular formula is C93H97Br10ClN17O15P. The van der Waals surface area contributed by atoms with E-state index in [9.17, 15) is 66.9 Å².